The maximum atomic E-state index is 2.38. The van der Waals surface area contributed by atoms with E-state index in [0.29, 0.717) is 0 Å². The van der Waals surface area contributed by atoms with Crippen molar-refractivity contribution in [2.45, 2.75) is 40.0 Å². The van der Waals surface area contributed by atoms with Crippen LogP contribution in [-0.4, -0.2) is 0 Å². The van der Waals surface area contributed by atoms with Crippen LogP contribution in [0.5, 0.6) is 0 Å². The fourth-order valence-electron chi connectivity index (χ4n) is 3.19. The molecule has 118 valence electrons. The Kier molecular flexibility index (Phi) is 3.75. The molecule has 1 heterocycles. The van der Waals surface area contributed by atoms with Gasteiger partial charge in [-0.3, -0.25) is 0 Å². The Labute approximate surface area is 139 Å². The summed E-state index contributed by atoms with van der Waals surface area (Å²) in [5.74, 6) is 0. The second-order valence-corrected chi connectivity index (χ2v) is 7.58. The predicted octanol–water partition coefficient (Wildman–Crippen LogP) is 5.25. The maximum Gasteiger partial charge on any atom is 0.220 e. The van der Waals surface area contributed by atoms with E-state index in [1.807, 2.05) is 0 Å². The summed E-state index contributed by atoms with van der Waals surface area (Å²) in [6, 6.07) is 15.6. The Bertz CT molecular complexity index is 882. The summed E-state index contributed by atoms with van der Waals surface area (Å²) in [5.41, 5.74) is 6.91. The average Bonchev–Trinajstić information content (AvgIpc) is 2.49. The third-order valence-corrected chi connectivity index (χ3v) is 4.83. The highest BCUT2D eigenvalue weighted by Gasteiger charge is 2.22. The van der Waals surface area contributed by atoms with Gasteiger partial charge < -0.3 is 0 Å². The van der Waals surface area contributed by atoms with Crippen LogP contribution >= 0.6 is 0 Å². The number of fused-ring (bicyclic) bond motifs is 1. The Hall–Kier alpha value is -2.15. The first-order chi connectivity index (χ1) is 10.8. The largest absolute Gasteiger partial charge is 0.220 e. The van der Waals surface area contributed by atoms with Gasteiger partial charge in [0.1, 0.15) is 7.05 Å². The van der Waals surface area contributed by atoms with Crippen molar-refractivity contribution in [3.05, 3.63) is 65.4 Å². The number of aryl methyl sites for hydroxylation is 2. The molecule has 1 nitrogen and oxygen atoms in total. The quantitative estimate of drug-likeness (QED) is 0.541. The van der Waals surface area contributed by atoms with Crippen LogP contribution in [0.15, 0.2) is 48.7 Å². The van der Waals surface area contributed by atoms with Crippen LogP contribution in [0.2, 0.25) is 0 Å². The smallest absolute Gasteiger partial charge is 0.200 e. The van der Waals surface area contributed by atoms with Crippen molar-refractivity contribution in [2.75, 3.05) is 0 Å². The minimum atomic E-state index is 0.149. The summed E-state index contributed by atoms with van der Waals surface area (Å²) in [6.45, 7) is 11.3. The highest BCUT2D eigenvalue weighted by Crippen LogP contribution is 2.33. The number of rotatable bonds is 1. The molecule has 0 spiro atoms. The maximum absolute atomic E-state index is 2.38. The molecule has 2 aromatic carbocycles. The van der Waals surface area contributed by atoms with Crippen LogP contribution in [0.25, 0.3) is 22.0 Å². The Balaban J connectivity index is 2.40. The second-order valence-electron chi connectivity index (χ2n) is 7.58. The van der Waals surface area contributed by atoms with Crippen molar-refractivity contribution >= 4 is 10.8 Å². The van der Waals surface area contributed by atoms with Gasteiger partial charge in [-0.2, -0.15) is 0 Å². The molecule has 23 heavy (non-hydrogen) atoms. The van der Waals surface area contributed by atoms with E-state index >= 15 is 0 Å². The van der Waals surface area contributed by atoms with Gasteiger partial charge >= 0.3 is 0 Å². The van der Waals surface area contributed by atoms with Crippen LogP contribution in [-0.2, 0) is 12.5 Å². The number of aromatic nitrogens is 1. The standard InChI is InChI=1S/C22H26N/c1-15-13-18(22(3,4)5)14-20(16(15)2)21-19-10-8-7-9-17(19)11-12-23(21)6/h7-14H,1-6H3/q+1. The lowest BCUT2D eigenvalue weighted by Crippen LogP contribution is -2.31. The predicted molar refractivity (Wildman–Crippen MR) is 98.7 cm³/mol. The van der Waals surface area contributed by atoms with Gasteiger partial charge in [0.15, 0.2) is 6.20 Å². The second kappa shape index (κ2) is 5.49. The summed E-state index contributed by atoms with van der Waals surface area (Å²) in [6.07, 6.45) is 2.16. The Morgan fingerprint density at radius 2 is 1.61 bits per heavy atom. The SMILES string of the molecule is Cc1cc(C(C)(C)C)cc(-c2c3ccccc3cc[n+]2C)c1C. The molecule has 3 aromatic rings. The molecule has 3 rings (SSSR count). The molecule has 0 N–H and O–H groups in total. The summed E-state index contributed by atoms with van der Waals surface area (Å²) in [5, 5.41) is 2.60. The van der Waals surface area contributed by atoms with E-state index in [0.717, 1.165) is 0 Å². The molecule has 0 atom stereocenters. The van der Waals surface area contributed by atoms with E-state index in [2.05, 4.69) is 94.9 Å². The van der Waals surface area contributed by atoms with Gasteiger partial charge in [-0.15, -0.1) is 0 Å². The van der Waals surface area contributed by atoms with Crippen LogP contribution in [0.4, 0.5) is 0 Å². The molecule has 0 aliphatic heterocycles. The van der Waals surface area contributed by atoms with Gasteiger partial charge in [0.2, 0.25) is 5.69 Å². The first-order valence-electron chi connectivity index (χ1n) is 8.28. The number of pyridine rings is 1. The van der Waals surface area contributed by atoms with E-state index in [1.54, 1.807) is 0 Å². The molecule has 0 unspecified atom stereocenters. The third kappa shape index (κ3) is 2.76. The fourth-order valence-corrected chi connectivity index (χ4v) is 3.19. The molecule has 0 fully saturated rings. The zero-order valence-corrected chi connectivity index (χ0v) is 15.1. The van der Waals surface area contributed by atoms with E-state index in [-0.39, 0.29) is 5.41 Å². The van der Waals surface area contributed by atoms with Crippen LogP contribution in [0.1, 0.15) is 37.5 Å². The molecule has 0 saturated carbocycles. The lowest BCUT2D eigenvalue weighted by molar-refractivity contribution is -0.659. The van der Waals surface area contributed by atoms with E-state index in [1.165, 1.54) is 38.7 Å². The lowest BCUT2D eigenvalue weighted by Gasteiger charge is -2.22. The van der Waals surface area contributed by atoms with E-state index in [4.69, 9.17) is 0 Å². The molecule has 0 radical (unpaired) electrons. The zero-order chi connectivity index (χ0) is 16.8. The third-order valence-electron chi connectivity index (χ3n) is 4.83. The zero-order valence-electron chi connectivity index (χ0n) is 15.1. The average molecular weight is 304 g/mol. The molecule has 0 saturated heterocycles. The first-order valence-corrected chi connectivity index (χ1v) is 8.28. The first kappa shape index (κ1) is 15.7. The molecule has 1 heteroatoms. The fraction of sp³-hybridized carbons (Fsp3) is 0.318. The molecular formula is C22H26N+. The minimum absolute atomic E-state index is 0.149. The number of nitrogens with zero attached hydrogens (tertiary/aromatic N) is 1. The van der Waals surface area contributed by atoms with E-state index in [9.17, 15) is 0 Å². The molecule has 0 aliphatic rings. The van der Waals surface area contributed by atoms with Crippen molar-refractivity contribution in [3.63, 3.8) is 0 Å². The summed E-state index contributed by atoms with van der Waals surface area (Å²) < 4.78 is 2.25. The van der Waals surface area contributed by atoms with Crippen LogP contribution < -0.4 is 4.57 Å². The molecule has 0 amide bonds. The van der Waals surface area contributed by atoms with Crippen molar-refractivity contribution in [2.24, 2.45) is 7.05 Å². The molecule has 0 aliphatic carbocycles. The molecular weight excluding hydrogens is 278 g/mol. The van der Waals surface area contributed by atoms with Gasteiger partial charge in [-0.25, -0.2) is 4.57 Å². The molecule has 1 aromatic heterocycles. The van der Waals surface area contributed by atoms with Gasteiger partial charge in [0.25, 0.3) is 0 Å². The van der Waals surface area contributed by atoms with E-state index < -0.39 is 0 Å². The Morgan fingerprint density at radius 3 is 2.30 bits per heavy atom. The van der Waals surface area contributed by atoms with Crippen molar-refractivity contribution in [1.29, 1.82) is 0 Å². The normalized spacial score (nSPS) is 11.9. The number of hydrogen-bond donors (Lipinski definition) is 0. The lowest BCUT2D eigenvalue weighted by atomic mass is 9.83. The topological polar surface area (TPSA) is 3.88 Å². The monoisotopic (exact) mass is 304 g/mol. The van der Waals surface area contributed by atoms with Crippen molar-refractivity contribution in [1.82, 2.24) is 0 Å². The van der Waals surface area contributed by atoms with Crippen LogP contribution in [0.3, 0.4) is 0 Å². The van der Waals surface area contributed by atoms with Gasteiger partial charge in [0.05, 0.1) is 10.9 Å². The van der Waals surface area contributed by atoms with Gasteiger partial charge in [-0.1, -0.05) is 45.0 Å². The highest BCUT2D eigenvalue weighted by molar-refractivity contribution is 5.93. The van der Waals surface area contributed by atoms with Crippen LogP contribution in [0, 0.1) is 13.8 Å². The molecule has 0 bridgehead atoms. The summed E-state index contributed by atoms with van der Waals surface area (Å²) >= 11 is 0. The number of benzene rings is 2. The van der Waals surface area contributed by atoms with Crippen molar-refractivity contribution in [3.8, 4) is 11.3 Å². The highest BCUT2D eigenvalue weighted by atomic mass is 14.9. The summed E-state index contributed by atoms with van der Waals surface area (Å²) in [7, 11) is 2.14. The van der Waals surface area contributed by atoms with Gasteiger partial charge in [-0.05, 0) is 53.5 Å². The summed E-state index contributed by atoms with van der Waals surface area (Å²) in [4.78, 5) is 0. The number of hydrogen-bond acceptors (Lipinski definition) is 0. The Morgan fingerprint density at radius 1 is 0.913 bits per heavy atom. The van der Waals surface area contributed by atoms with Gasteiger partial charge in [0, 0.05) is 6.07 Å². The van der Waals surface area contributed by atoms with Crippen molar-refractivity contribution < 1.29 is 4.57 Å². The minimum Gasteiger partial charge on any atom is -0.200 e.